The molecule has 0 unspecified atom stereocenters. The van der Waals surface area contributed by atoms with Crippen molar-refractivity contribution in [1.82, 2.24) is 5.32 Å². The molecule has 0 radical (unpaired) electrons. The van der Waals surface area contributed by atoms with Gasteiger partial charge in [-0.1, -0.05) is 19.3 Å². The van der Waals surface area contributed by atoms with Gasteiger partial charge >= 0.3 is 0 Å². The van der Waals surface area contributed by atoms with Crippen molar-refractivity contribution in [3.63, 3.8) is 0 Å². The summed E-state index contributed by atoms with van der Waals surface area (Å²) in [6.45, 7) is 1.67. The zero-order valence-electron chi connectivity index (χ0n) is 16.2. The number of hydrogen-bond donors (Lipinski definition) is 2. The van der Waals surface area contributed by atoms with Crippen LogP contribution in [-0.4, -0.2) is 26.5 Å². The Bertz CT molecular complexity index is 924. The summed E-state index contributed by atoms with van der Waals surface area (Å²) < 4.78 is 45.9. The van der Waals surface area contributed by atoms with Crippen molar-refractivity contribution in [3.05, 3.63) is 54.3 Å². The summed E-state index contributed by atoms with van der Waals surface area (Å²) in [6.07, 6.45) is 4.77. The third-order valence-corrected chi connectivity index (χ3v) is 6.26. The number of sulfonamides is 1. The van der Waals surface area contributed by atoms with Gasteiger partial charge in [0, 0.05) is 11.7 Å². The number of benzene rings is 2. The van der Waals surface area contributed by atoms with Gasteiger partial charge in [-0.15, -0.1) is 0 Å². The molecule has 0 heterocycles. The summed E-state index contributed by atoms with van der Waals surface area (Å²) in [5.74, 6) is -0.223. The van der Waals surface area contributed by atoms with Crippen LogP contribution in [0.15, 0.2) is 53.4 Å². The molecule has 0 aromatic heterocycles. The normalized spacial score (nSPS) is 16.1. The van der Waals surface area contributed by atoms with E-state index in [1.165, 1.54) is 55.0 Å². The molecule has 1 amide bonds. The number of carbonyl (C=O) groups excluding carboxylic acids is 1. The minimum absolute atomic E-state index is 0.0356. The van der Waals surface area contributed by atoms with Gasteiger partial charge in [-0.25, -0.2) is 12.8 Å². The van der Waals surface area contributed by atoms with Gasteiger partial charge in [0.1, 0.15) is 11.6 Å². The lowest BCUT2D eigenvalue weighted by Crippen LogP contribution is -2.43. The monoisotopic (exact) mass is 420 g/mol. The van der Waals surface area contributed by atoms with E-state index in [1.807, 2.05) is 0 Å². The number of rotatable bonds is 7. The number of amides is 1. The molecule has 2 aromatic rings. The lowest BCUT2D eigenvalue weighted by atomic mass is 9.95. The Morgan fingerprint density at radius 1 is 1.03 bits per heavy atom. The Morgan fingerprint density at radius 3 is 2.28 bits per heavy atom. The van der Waals surface area contributed by atoms with Crippen molar-refractivity contribution in [2.24, 2.45) is 0 Å². The summed E-state index contributed by atoms with van der Waals surface area (Å²) >= 11 is 0. The molecular formula is C21H25FN2O4S. The molecule has 0 bridgehead atoms. The smallest absolute Gasteiger partial charge is 0.261 e. The molecule has 156 valence electrons. The second kappa shape index (κ2) is 9.26. The van der Waals surface area contributed by atoms with Crippen LogP contribution in [0.1, 0.15) is 39.0 Å². The third kappa shape index (κ3) is 5.93. The fourth-order valence-corrected chi connectivity index (χ4v) is 4.31. The number of anilines is 1. The Hall–Kier alpha value is -2.61. The highest BCUT2D eigenvalue weighted by Gasteiger charge is 2.21. The van der Waals surface area contributed by atoms with Gasteiger partial charge in [0.15, 0.2) is 6.10 Å². The van der Waals surface area contributed by atoms with Gasteiger partial charge in [-0.05, 0) is 68.3 Å². The second-order valence-corrected chi connectivity index (χ2v) is 8.87. The number of hydrogen-bond acceptors (Lipinski definition) is 4. The average molecular weight is 421 g/mol. The van der Waals surface area contributed by atoms with Gasteiger partial charge in [-0.2, -0.15) is 0 Å². The summed E-state index contributed by atoms with van der Waals surface area (Å²) in [4.78, 5) is 12.3. The highest BCUT2D eigenvalue weighted by atomic mass is 32.2. The first-order valence-electron chi connectivity index (χ1n) is 9.69. The van der Waals surface area contributed by atoms with Crippen LogP contribution in [0.2, 0.25) is 0 Å². The Labute approximate surface area is 170 Å². The van der Waals surface area contributed by atoms with Gasteiger partial charge < -0.3 is 10.1 Å². The van der Waals surface area contributed by atoms with Crippen molar-refractivity contribution in [2.45, 2.75) is 56.1 Å². The van der Waals surface area contributed by atoms with Gasteiger partial charge in [0.25, 0.3) is 15.9 Å². The number of halogens is 1. The first-order valence-corrected chi connectivity index (χ1v) is 11.2. The van der Waals surface area contributed by atoms with E-state index in [0.717, 1.165) is 25.7 Å². The maximum absolute atomic E-state index is 13.0. The minimum atomic E-state index is -3.81. The number of carbonyl (C=O) groups is 1. The summed E-state index contributed by atoms with van der Waals surface area (Å²) in [7, 11) is -3.81. The molecular weight excluding hydrogens is 395 g/mol. The second-order valence-electron chi connectivity index (χ2n) is 7.19. The van der Waals surface area contributed by atoms with Crippen molar-refractivity contribution >= 4 is 21.6 Å². The maximum Gasteiger partial charge on any atom is 0.261 e. The molecule has 1 aliphatic rings. The van der Waals surface area contributed by atoms with E-state index < -0.39 is 21.9 Å². The predicted octanol–water partition coefficient (Wildman–Crippen LogP) is 3.84. The van der Waals surface area contributed by atoms with E-state index in [9.17, 15) is 17.6 Å². The molecule has 1 saturated carbocycles. The van der Waals surface area contributed by atoms with Crippen molar-refractivity contribution in [3.8, 4) is 5.75 Å². The Kier molecular flexibility index (Phi) is 6.74. The van der Waals surface area contributed by atoms with Crippen molar-refractivity contribution in [1.29, 1.82) is 0 Å². The number of ether oxygens (including phenoxy) is 1. The number of nitrogens with one attached hydrogen (secondary N) is 2. The minimum Gasteiger partial charge on any atom is -0.481 e. The van der Waals surface area contributed by atoms with Crippen LogP contribution in [0.4, 0.5) is 10.1 Å². The quantitative estimate of drug-likeness (QED) is 0.713. The molecule has 29 heavy (non-hydrogen) atoms. The zero-order chi connectivity index (χ0) is 20.9. The molecule has 3 rings (SSSR count). The molecule has 0 spiro atoms. The van der Waals surface area contributed by atoms with Crippen molar-refractivity contribution in [2.75, 3.05) is 4.72 Å². The Balaban J connectivity index is 1.58. The molecule has 6 nitrogen and oxygen atoms in total. The summed E-state index contributed by atoms with van der Waals surface area (Å²) in [5.41, 5.74) is 0.264. The van der Waals surface area contributed by atoms with Crippen molar-refractivity contribution < 1.29 is 22.3 Å². The van der Waals surface area contributed by atoms with Gasteiger partial charge in [-0.3, -0.25) is 9.52 Å². The van der Waals surface area contributed by atoms with E-state index in [1.54, 1.807) is 6.92 Å². The molecule has 8 heteroatoms. The van der Waals surface area contributed by atoms with Crippen LogP contribution < -0.4 is 14.8 Å². The zero-order valence-corrected chi connectivity index (χ0v) is 17.0. The molecule has 2 N–H and O–H groups in total. The van der Waals surface area contributed by atoms with Crippen LogP contribution in [0.25, 0.3) is 0 Å². The van der Waals surface area contributed by atoms with Gasteiger partial charge in [0.2, 0.25) is 0 Å². The predicted molar refractivity (Wildman–Crippen MR) is 109 cm³/mol. The van der Waals surface area contributed by atoms with Crippen LogP contribution in [0, 0.1) is 5.82 Å². The van der Waals surface area contributed by atoms with E-state index >= 15 is 0 Å². The SMILES string of the molecule is C[C@@H](Oc1ccc(S(=O)(=O)Nc2ccc(F)cc2)cc1)C(=O)NC1CCCCC1. The lowest BCUT2D eigenvalue weighted by Gasteiger charge is -2.24. The molecule has 0 aliphatic heterocycles. The molecule has 0 saturated heterocycles. The maximum atomic E-state index is 13.0. The average Bonchev–Trinajstić information content (AvgIpc) is 2.71. The fraction of sp³-hybridized carbons (Fsp3) is 0.381. The van der Waals surface area contributed by atoms with Crippen LogP contribution in [0.3, 0.4) is 0 Å². The standard InChI is InChI=1S/C21H25FN2O4S/c1-15(21(25)23-17-5-3-2-4-6-17)28-19-11-13-20(14-12-19)29(26,27)24-18-9-7-16(22)8-10-18/h7-15,17,24H,2-6H2,1H3,(H,23,25)/t15-/m1/s1. The highest BCUT2D eigenvalue weighted by molar-refractivity contribution is 7.92. The first-order chi connectivity index (χ1) is 13.8. The summed E-state index contributed by atoms with van der Waals surface area (Å²) in [6, 6.07) is 11.0. The highest BCUT2D eigenvalue weighted by Crippen LogP contribution is 2.21. The third-order valence-electron chi connectivity index (χ3n) is 4.86. The topological polar surface area (TPSA) is 84.5 Å². The van der Waals surface area contributed by atoms with Crippen LogP contribution in [0.5, 0.6) is 5.75 Å². The largest absolute Gasteiger partial charge is 0.481 e. The van der Waals surface area contributed by atoms with Crippen LogP contribution in [-0.2, 0) is 14.8 Å². The lowest BCUT2D eigenvalue weighted by molar-refractivity contribution is -0.128. The molecule has 1 fully saturated rings. The molecule has 1 atom stereocenters. The fourth-order valence-electron chi connectivity index (χ4n) is 3.25. The van der Waals surface area contributed by atoms with Crippen LogP contribution >= 0.6 is 0 Å². The Morgan fingerprint density at radius 2 is 1.66 bits per heavy atom. The summed E-state index contributed by atoms with van der Waals surface area (Å²) in [5, 5.41) is 3.01. The van der Waals surface area contributed by atoms with Gasteiger partial charge in [0.05, 0.1) is 4.90 Å². The van der Waals surface area contributed by atoms with E-state index in [-0.39, 0.29) is 22.5 Å². The molecule has 1 aliphatic carbocycles. The molecule has 2 aromatic carbocycles. The van der Waals surface area contributed by atoms with E-state index in [0.29, 0.717) is 5.75 Å². The van der Waals surface area contributed by atoms with E-state index in [2.05, 4.69) is 10.0 Å². The van der Waals surface area contributed by atoms with E-state index in [4.69, 9.17) is 4.74 Å². The first kappa shape index (κ1) is 21.1.